The van der Waals surface area contributed by atoms with E-state index < -0.39 is 0 Å². The number of hydrogen-bond acceptors (Lipinski definition) is 4. The van der Waals surface area contributed by atoms with Gasteiger partial charge in [-0.25, -0.2) is 4.98 Å². The Morgan fingerprint density at radius 3 is 2.52 bits per heavy atom. The van der Waals surface area contributed by atoms with Gasteiger partial charge >= 0.3 is 0 Å². The third-order valence-electron chi connectivity index (χ3n) is 2.46. The van der Waals surface area contributed by atoms with Crippen molar-refractivity contribution in [1.82, 2.24) is 4.98 Å². The average Bonchev–Trinajstić information content (AvgIpc) is 2.93. The first-order chi connectivity index (χ1) is 10.0. The highest BCUT2D eigenvalue weighted by atomic mass is 35.5. The molecular weight excluding hydrogens is 333 g/mol. The van der Waals surface area contributed by atoms with Crippen LogP contribution in [0.1, 0.15) is 12.8 Å². The maximum absolute atomic E-state index is 11.8. The molecule has 0 unspecified atom stereocenters. The second-order valence-corrected chi connectivity index (χ2v) is 5.80. The molecule has 0 aliphatic carbocycles. The van der Waals surface area contributed by atoms with Crippen LogP contribution in [0.25, 0.3) is 0 Å². The smallest absolute Gasteiger partial charge is 0.226 e. The van der Waals surface area contributed by atoms with Crippen molar-refractivity contribution in [2.24, 2.45) is 0 Å². The van der Waals surface area contributed by atoms with Gasteiger partial charge in [0.15, 0.2) is 5.13 Å². The van der Waals surface area contributed by atoms with Gasteiger partial charge in [-0.15, -0.1) is 11.3 Å². The molecule has 0 bridgehead atoms. The first-order valence-corrected chi connectivity index (χ1v) is 7.62. The summed E-state index contributed by atoms with van der Waals surface area (Å²) in [6.45, 7) is 0. The summed E-state index contributed by atoms with van der Waals surface area (Å²) in [7, 11) is 0. The molecule has 0 radical (unpaired) electrons. The Morgan fingerprint density at radius 2 is 1.86 bits per heavy atom. The molecule has 0 aliphatic rings. The van der Waals surface area contributed by atoms with Crippen molar-refractivity contribution in [3.63, 3.8) is 0 Å². The Morgan fingerprint density at radius 1 is 1.14 bits per heavy atom. The lowest BCUT2D eigenvalue weighted by atomic mass is 10.2. The molecule has 1 aromatic heterocycles. The lowest BCUT2D eigenvalue weighted by Gasteiger charge is -2.07. The Kier molecular flexibility index (Phi) is 5.55. The Labute approximate surface area is 135 Å². The van der Waals surface area contributed by atoms with Crippen LogP contribution in [-0.4, -0.2) is 16.8 Å². The summed E-state index contributed by atoms with van der Waals surface area (Å²) in [6, 6.07) is 4.77. The van der Waals surface area contributed by atoms with Crippen LogP contribution in [0.3, 0.4) is 0 Å². The summed E-state index contributed by atoms with van der Waals surface area (Å²) >= 11 is 13.1. The fraction of sp³-hybridized carbons (Fsp3) is 0.154. The number of nitrogens with zero attached hydrogens (tertiary/aromatic N) is 1. The number of carbonyl (C=O) groups excluding carboxylic acids is 2. The van der Waals surface area contributed by atoms with E-state index in [2.05, 4.69) is 15.6 Å². The number of rotatable bonds is 5. The quantitative estimate of drug-likeness (QED) is 0.866. The molecule has 0 fully saturated rings. The topological polar surface area (TPSA) is 71.1 Å². The molecule has 2 aromatic rings. The largest absolute Gasteiger partial charge is 0.325 e. The van der Waals surface area contributed by atoms with E-state index in [9.17, 15) is 9.59 Å². The number of halogens is 2. The molecule has 0 saturated carbocycles. The number of hydrogen-bond donors (Lipinski definition) is 2. The zero-order valence-electron chi connectivity index (χ0n) is 10.7. The van der Waals surface area contributed by atoms with Crippen LogP contribution in [0.4, 0.5) is 10.8 Å². The normalized spacial score (nSPS) is 10.2. The van der Waals surface area contributed by atoms with E-state index in [1.165, 1.54) is 11.3 Å². The second kappa shape index (κ2) is 7.40. The number of amides is 2. The third-order valence-corrected chi connectivity index (χ3v) is 3.71. The molecule has 1 heterocycles. The first kappa shape index (κ1) is 15.8. The van der Waals surface area contributed by atoms with Gasteiger partial charge in [0.2, 0.25) is 11.8 Å². The van der Waals surface area contributed by atoms with Crippen molar-refractivity contribution in [3.05, 3.63) is 39.8 Å². The molecule has 0 spiro atoms. The van der Waals surface area contributed by atoms with Crippen LogP contribution in [0.15, 0.2) is 29.8 Å². The average molecular weight is 344 g/mol. The van der Waals surface area contributed by atoms with Gasteiger partial charge < -0.3 is 10.6 Å². The van der Waals surface area contributed by atoms with E-state index in [0.29, 0.717) is 20.9 Å². The van der Waals surface area contributed by atoms with Crippen LogP contribution < -0.4 is 10.6 Å². The van der Waals surface area contributed by atoms with E-state index in [4.69, 9.17) is 23.2 Å². The van der Waals surface area contributed by atoms with E-state index in [1.807, 2.05) is 0 Å². The fourth-order valence-electron chi connectivity index (χ4n) is 1.50. The summed E-state index contributed by atoms with van der Waals surface area (Å²) < 4.78 is 0. The van der Waals surface area contributed by atoms with Crippen LogP contribution in [-0.2, 0) is 9.59 Å². The van der Waals surface area contributed by atoms with E-state index in [0.717, 1.165) is 0 Å². The zero-order chi connectivity index (χ0) is 15.2. The predicted molar refractivity (Wildman–Crippen MR) is 85.1 cm³/mol. The van der Waals surface area contributed by atoms with Crippen LogP contribution >= 0.6 is 34.5 Å². The van der Waals surface area contributed by atoms with Crippen LogP contribution in [0, 0.1) is 0 Å². The summed E-state index contributed by atoms with van der Waals surface area (Å²) in [5.74, 6) is -0.578. The molecule has 0 aliphatic heterocycles. The molecule has 0 saturated heterocycles. The minimum atomic E-state index is -0.312. The van der Waals surface area contributed by atoms with Gasteiger partial charge in [-0.3, -0.25) is 9.59 Å². The van der Waals surface area contributed by atoms with Crippen molar-refractivity contribution in [1.29, 1.82) is 0 Å². The van der Waals surface area contributed by atoms with E-state index in [1.54, 1.807) is 29.8 Å². The van der Waals surface area contributed by atoms with Crippen molar-refractivity contribution in [2.75, 3.05) is 10.6 Å². The number of nitrogens with one attached hydrogen (secondary N) is 2. The van der Waals surface area contributed by atoms with Crippen molar-refractivity contribution >= 4 is 57.2 Å². The lowest BCUT2D eigenvalue weighted by Crippen LogP contribution is -2.17. The Balaban J connectivity index is 1.82. The van der Waals surface area contributed by atoms with Gasteiger partial charge in [-0.05, 0) is 18.2 Å². The summed E-state index contributed by atoms with van der Waals surface area (Å²) in [6.07, 6.45) is 1.69. The zero-order valence-corrected chi connectivity index (χ0v) is 13.1. The molecular formula is C13H11Cl2N3O2S. The first-order valence-electron chi connectivity index (χ1n) is 5.99. The van der Waals surface area contributed by atoms with Crippen molar-refractivity contribution in [2.45, 2.75) is 12.8 Å². The standard InChI is InChI=1S/C13H11Cl2N3O2S/c14-8-1-2-9(15)10(7-8)17-11(19)3-4-12(20)18-13-16-5-6-21-13/h1-2,5-7H,3-4H2,(H,17,19)(H,16,18,20). The number of carbonyl (C=O) groups is 2. The summed E-state index contributed by atoms with van der Waals surface area (Å²) in [5.41, 5.74) is 0.425. The highest BCUT2D eigenvalue weighted by molar-refractivity contribution is 7.13. The summed E-state index contributed by atoms with van der Waals surface area (Å²) in [4.78, 5) is 27.3. The van der Waals surface area contributed by atoms with Gasteiger partial charge in [0.05, 0.1) is 10.7 Å². The second-order valence-electron chi connectivity index (χ2n) is 4.06. The van der Waals surface area contributed by atoms with Crippen LogP contribution in [0.5, 0.6) is 0 Å². The molecule has 8 heteroatoms. The molecule has 110 valence electrons. The third kappa shape index (κ3) is 5.00. The van der Waals surface area contributed by atoms with Crippen LogP contribution in [0.2, 0.25) is 10.0 Å². The molecule has 2 amide bonds. The number of benzene rings is 1. The summed E-state index contributed by atoms with van der Waals surface area (Å²) in [5, 5.41) is 8.34. The van der Waals surface area contributed by atoms with Crippen molar-refractivity contribution < 1.29 is 9.59 Å². The minimum absolute atomic E-state index is 0.0417. The molecule has 2 N–H and O–H groups in total. The Hall–Kier alpha value is -1.63. The molecule has 0 atom stereocenters. The SMILES string of the molecule is O=C(CCC(=O)Nc1cc(Cl)ccc1Cl)Nc1nccs1. The maximum Gasteiger partial charge on any atom is 0.226 e. The Bertz CT molecular complexity index is 647. The number of anilines is 2. The maximum atomic E-state index is 11.8. The minimum Gasteiger partial charge on any atom is -0.325 e. The predicted octanol–water partition coefficient (Wildman–Crippen LogP) is 3.81. The van der Waals surface area contributed by atoms with Gasteiger partial charge in [0, 0.05) is 29.4 Å². The van der Waals surface area contributed by atoms with Gasteiger partial charge in [0.25, 0.3) is 0 Å². The highest BCUT2D eigenvalue weighted by Gasteiger charge is 2.10. The van der Waals surface area contributed by atoms with Gasteiger partial charge in [-0.2, -0.15) is 0 Å². The molecule has 2 rings (SSSR count). The highest BCUT2D eigenvalue weighted by Crippen LogP contribution is 2.25. The monoisotopic (exact) mass is 343 g/mol. The van der Waals surface area contributed by atoms with E-state index in [-0.39, 0.29) is 24.7 Å². The molecule has 1 aromatic carbocycles. The number of aromatic nitrogens is 1. The molecule has 5 nitrogen and oxygen atoms in total. The van der Waals surface area contributed by atoms with Gasteiger partial charge in [-0.1, -0.05) is 23.2 Å². The fourth-order valence-corrected chi connectivity index (χ4v) is 2.38. The van der Waals surface area contributed by atoms with E-state index >= 15 is 0 Å². The lowest BCUT2D eigenvalue weighted by molar-refractivity contribution is -0.121. The van der Waals surface area contributed by atoms with Gasteiger partial charge in [0.1, 0.15) is 0 Å². The molecule has 21 heavy (non-hydrogen) atoms. The van der Waals surface area contributed by atoms with Crippen molar-refractivity contribution in [3.8, 4) is 0 Å². The number of thiazole rings is 1.